The third-order valence-electron chi connectivity index (χ3n) is 2.60. The lowest BCUT2D eigenvalue weighted by Gasteiger charge is -2.08. The molecule has 0 aliphatic rings. The third kappa shape index (κ3) is 4.39. The second kappa shape index (κ2) is 6.99. The molecule has 2 rings (SSSR count). The Morgan fingerprint density at radius 2 is 2.05 bits per heavy atom. The van der Waals surface area contributed by atoms with E-state index < -0.39 is 0 Å². The number of nitrogens with zero attached hydrogens (tertiary/aromatic N) is 2. The van der Waals surface area contributed by atoms with Crippen LogP contribution in [0.5, 0.6) is 0 Å². The molecule has 21 heavy (non-hydrogen) atoms. The predicted octanol–water partition coefficient (Wildman–Crippen LogP) is 3.40. The van der Waals surface area contributed by atoms with Crippen LogP contribution in [0.2, 0.25) is 0 Å². The minimum atomic E-state index is -0.274. The summed E-state index contributed by atoms with van der Waals surface area (Å²) in [6.07, 6.45) is 1.72. The fourth-order valence-corrected chi connectivity index (χ4v) is 1.94. The molecule has 0 saturated heterocycles. The van der Waals surface area contributed by atoms with Gasteiger partial charge in [-0.05, 0) is 31.2 Å². The van der Waals surface area contributed by atoms with Gasteiger partial charge in [0.25, 0.3) is 5.91 Å². The van der Waals surface area contributed by atoms with Gasteiger partial charge in [-0.2, -0.15) is 0 Å². The van der Waals surface area contributed by atoms with Gasteiger partial charge >= 0.3 is 0 Å². The molecule has 0 bridgehead atoms. The average Bonchev–Trinajstić information content (AvgIpc) is 2.47. The highest BCUT2D eigenvalue weighted by Gasteiger charge is 2.10. The summed E-state index contributed by atoms with van der Waals surface area (Å²) in [4.78, 5) is 20.6. The number of benzene rings is 1. The van der Waals surface area contributed by atoms with Crippen LogP contribution in [0.3, 0.4) is 0 Å². The zero-order chi connectivity index (χ0) is 15.2. The van der Waals surface area contributed by atoms with Gasteiger partial charge in [-0.3, -0.25) is 4.79 Å². The Labute approximate surface area is 131 Å². The molecule has 2 aromatic rings. The van der Waals surface area contributed by atoms with Crippen molar-refractivity contribution >= 4 is 33.3 Å². The molecule has 1 aromatic heterocycles. The Kier molecular flexibility index (Phi) is 5.05. The first-order valence-corrected chi connectivity index (χ1v) is 7.15. The van der Waals surface area contributed by atoms with Gasteiger partial charge in [0.05, 0.1) is 0 Å². The van der Waals surface area contributed by atoms with Crippen molar-refractivity contribution in [2.45, 2.75) is 6.92 Å². The number of aromatic nitrogens is 2. The Bertz CT molecular complexity index is 655. The molecule has 2 N–H and O–H groups in total. The van der Waals surface area contributed by atoms with Gasteiger partial charge in [0, 0.05) is 22.8 Å². The van der Waals surface area contributed by atoms with E-state index in [1.54, 1.807) is 19.1 Å². The second-order valence-corrected chi connectivity index (χ2v) is 5.23. The van der Waals surface area contributed by atoms with Crippen molar-refractivity contribution in [3.63, 3.8) is 0 Å². The van der Waals surface area contributed by atoms with Gasteiger partial charge in [0.2, 0.25) is 0 Å². The van der Waals surface area contributed by atoms with Crippen LogP contribution < -0.4 is 10.6 Å². The van der Waals surface area contributed by atoms with Gasteiger partial charge in [-0.25, -0.2) is 9.97 Å². The van der Waals surface area contributed by atoms with Crippen molar-refractivity contribution < 1.29 is 4.79 Å². The Hall–Kier alpha value is -2.21. The summed E-state index contributed by atoms with van der Waals surface area (Å²) in [5.41, 5.74) is 1.03. The summed E-state index contributed by atoms with van der Waals surface area (Å²) in [7, 11) is 0. The normalized spacial score (nSPS) is 10.0. The van der Waals surface area contributed by atoms with Crippen LogP contribution in [0.25, 0.3) is 0 Å². The highest BCUT2D eigenvalue weighted by molar-refractivity contribution is 9.10. The zero-order valence-electron chi connectivity index (χ0n) is 11.6. The molecule has 1 amide bonds. The monoisotopic (exact) mass is 346 g/mol. The van der Waals surface area contributed by atoms with Gasteiger partial charge in [0.15, 0.2) is 0 Å². The van der Waals surface area contributed by atoms with Gasteiger partial charge < -0.3 is 10.6 Å². The molecule has 0 saturated carbocycles. The molecular weight excluding hydrogens is 332 g/mol. The standard InChI is InChI=1S/C15H15BrN4O/c1-3-8-17-14-9-13(18-10(2)19-14)15(21)20-12-6-4-11(16)5-7-12/h3-7,9H,1,8H2,2H3,(H,20,21)(H,17,18,19). The molecule has 0 aliphatic heterocycles. The maximum absolute atomic E-state index is 12.2. The van der Waals surface area contributed by atoms with E-state index in [0.29, 0.717) is 29.6 Å². The smallest absolute Gasteiger partial charge is 0.274 e. The molecule has 0 atom stereocenters. The van der Waals surface area contributed by atoms with Crippen LogP contribution in [0.1, 0.15) is 16.3 Å². The Morgan fingerprint density at radius 3 is 2.71 bits per heavy atom. The van der Waals surface area contributed by atoms with Gasteiger partial charge in [-0.1, -0.05) is 22.0 Å². The average molecular weight is 347 g/mol. The largest absolute Gasteiger partial charge is 0.366 e. The molecule has 0 fully saturated rings. The summed E-state index contributed by atoms with van der Waals surface area (Å²) in [6.45, 7) is 5.95. The van der Waals surface area contributed by atoms with E-state index in [1.165, 1.54) is 0 Å². The molecule has 0 radical (unpaired) electrons. The van der Waals surface area contributed by atoms with E-state index in [0.717, 1.165) is 4.47 Å². The van der Waals surface area contributed by atoms with E-state index in [2.05, 4.69) is 43.1 Å². The number of rotatable bonds is 5. The number of hydrogen-bond donors (Lipinski definition) is 2. The molecule has 108 valence electrons. The van der Waals surface area contributed by atoms with Crippen molar-refractivity contribution in [3.8, 4) is 0 Å². The fraction of sp³-hybridized carbons (Fsp3) is 0.133. The molecule has 0 aliphatic carbocycles. The van der Waals surface area contributed by atoms with Crippen LogP contribution in [0, 0.1) is 6.92 Å². The summed E-state index contributed by atoms with van der Waals surface area (Å²) >= 11 is 3.35. The summed E-state index contributed by atoms with van der Waals surface area (Å²) < 4.78 is 0.953. The molecule has 6 heteroatoms. The highest BCUT2D eigenvalue weighted by Crippen LogP contribution is 2.15. The summed E-state index contributed by atoms with van der Waals surface area (Å²) in [5, 5.41) is 5.84. The van der Waals surface area contributed by atoms with Crippen LogP contribution in [0.4, 0.5) is 11.5 Å². The summed E-state index contributed by atoms with van der Waals surface area (Å²) in [6, 6.07) is 8.96. The first-order chi connectivity index (χ1) is 10.1. The van der Waals surface area contributed by atoms with Crippen molar-refractivity contribution in [3.05, 3.63) is 59.0 Å². The van der Waals surface area contributed by atoms with Crippen LogP contribution >= 0.6 is 15.9 Å². The minimum absolute atomic E-state index is 0.274. The van der Waals surface area contributed by atoms with Crippen molar-refractivity contribution in [1.82, 2.24) is 9.97 Å². The maximum atomic E-state index is 12.2. The number of nitrogens with one attached hydrogen (secondary N) is 2. The number of anilines is 2. The van der Waals surface area contributed by atoms with E-state index in [-0.39, 0.29) is 5.91 Å². The lowest BCUT2D eigenvalue weighted by atomic mass is 10.3. The van der Waals surface area contributed by atoms with E-state index >= 15 is 0 Å². The van der Waals surface area contributed by atoms with Crippen LogP contribution in [-0.4, -0.2) is 22.4 Å². The molecule has 0 unspecified atom stereocenters. The van der Waals surface area contributed by atoms with E-state index in [1.807, 2.05) is 24.3 Å². The lowest BCUT2D eigenvalue weighted by Crippen LogP contribution is -2.15. The van der Waals surface area contributed by atoms with Crippen molar-refractivity contribution in [1.29, 1.82) is 0 Å². The maximum Gasteiger partial charge on any atom is 0.274 e. The fourth-order valence-electron chi connectivity index (χ4n) is 1.68. The molecule has 0 spiro atoms. The van der Waals surface area contributed by atoms with Crippen molar-refractivity contribution in [2.24, 2.45) is 0 Å². The SMILES string of the molecule is C=CCNc1cc(C(=O)Nc2ccc(Br)cc2)nc(C)n1. The van der Waals surface area contributed by atoms with E-state index in [4.69, 9.17) is 0 Å². The number of carbonyl (C=O) groups is 1. The van der Waals surface area contributed by atoms with Crippen molar-refractivity contribution in [2.75, 3.05) is 17.2 Å². The number of halogens is 1. The quantitative estimate of drug-likeness (QED) is 0.814. The zero-order valence-corrected chi connectivity index (χ0v) is 13.1. The second-order valence-electron chi connectivity index (χ2n) is 4.32. The molecule has 1 heterocycles. The Morgan fingerprint density at radius 1 is 1.33 bits per heavy atom. The topological polar surface area (TPSA) is 66.9 Å². The van der Waals surface area contributed by atoms with Gasteiger partial charge in [-0.15, -0.1) is 6.58 Å². The predicted molar refractivity (Wildman–Crippen MR) is 87.6 cm³/mol. The highest BCUT2D eigenvalue weighted by atomic mass is 79.9. The van der Waals surface area contributed by atoms with E-state index in [9.17, 15) is 4.79 Å². The van der Waals surface area contributed by atoms with Crippen LogP contribution in [-0.2, 0) is 0 Å². The first kappa shape index (κ1) is 15.2. The molecule has 5 nitrogen and oxygen atoms in total. The number of aryl methyl sites for hydroxylation is 1. The minimum Gasteiger partial charge on any atom is -0.366 e. The van der Waals surface area contributed by atoms with Crippen LogP contribution in [0.15, 0.2) is 47.5 Å². The lowest BCUT2D eigenvalue weighted by molar-refractivity contribution is 0.102. The third-order valence-corrected chi connectivity index (χ3v) is 3.13. The Balaban J connectivity index is 2.16. The number of carbonyl (C=O) groups excluding carboxylic acids is 1. The van der Waals surface area contributed by atoms with Gasteiger partial charge in [0.1, 0.15) is 17.3 Å². The first-order valence-electron chi connectivity index (χ1n) is 6.36. The molecule has 1 aromatic carbocycles. The molecular formula is C15H15BrN4O. The number of amides is 1. The number of hydrogen-bond acceptors (Lipinski definition) is 4. The summed E-state index contributed by atoms with van der Waals surface area (Å²) in [5.74, 6) is 0.859.